The van der Waals surface area contributed by atoms with Crippen LogP contribution in [0, 0.1) is 11.6 Å². The number of rotatable bonds is 13. The lowest BCUT2D eigenvalue weighted by Gasteiger charge is -2.22. The Kier molecular flexibility index (Phi) is 10.6. The van der Waals surface area contributed by atoms with Gasteiger partial charge in [-0.05, 0) is 25.7 Å². The van der Waals surface area contributed by atoms with Gasteiger partial charge in [0.1, 0.15) is 6.61 Å². The van der Waals surface area contributed by atoms with Crippen LogP contribution in [0.1, 0.15) is 31.2 Å². The van der Waals surface area contributed by atoms with E-state index in [0.717, 1.165) is 38.4 Å². The first kappa shape index (κ1) is 27.1. The summed E-state index contributed by atoms with van der Waals surface area (Å²) in [5.74, 6) is -1.62. The van der Waals surface area contributed by atoms with Gasteiger partial charge in [-0.25, -0.2) is 18.7 Å². The zero-order valence-electron chi connectivity index (χ0n) is 20.3. The van der Waals surface area contributed by atoms with Crippen LogP contribution in [0.3, 0.4) is 0 Å². The van der Waals surface area contributed by atoms with Crippen LogP contribution < -0.4 is 25.3 Å². The molecular weight excluding hydrogens is 476 g/mol. The van der Waals surface area contributed by atoms with Gasteiger partial charge in [-0.3, -0.25) is 4.99 Å². The van der Waals surface area contributed by atoms with Crippen molar-refractivity contribution >= 4 is 12.2 Å². The maximum absolute atomic E-state index is 14.5. The summed E-state index contributed by atoms with van der Waals surface area (Å²) in [6.45, 7) is 1.46. The molecule has 2 heterocycles. The van der Waals surface area contributed by atoms with Crippen LogP contribution >= 0.6 is 0 Å². The molecule has 3 N–H and O–H groups in total. The number of aromatic nitrogens is 2. The Hall–Kier alpha value is -3.51. The van der Waals surface area contributed by atoms with Crippen LogP contribution in [0.4, 0.5) is 14.7 Å². The van der Waals surface area contributed by atoms with E-state index in [2.05, 4.69) is 20.3 Å². The number of hydrogen-bond acceptors (Lipinski definition) is 10. The Balaban J connectivity index is 1.47. The van der Waals surface area contributed by atoms with Crippen molar-refractivity contribution in [3.05, 3.63) is 47.6 Å². The average Bonchev–Trinajstić information content (AvgIpc) is 2.91. The predicted octanol–water partition coefficient (Wildman–Crippen LogP) is 3.57. The van der Waals surface area contributed by atoms with Crippen molar-refractivity contribution in [3.63, 3.8) is 0 Å². The molecule has 1 aromatic heterocycles. The summed E-state index contributed by atoms with van der Waals surface area (Å²) in [7, 11) is 2.55. The topological polar surface area (TPSA) is 122 Å². The minimum Gasteiger partial charge on any atom is -0.494 e. The molecule has 1 fully saturated rings. The molecule has 3 rings (SSSR count). The Bertz CT molecular complexity index is 1000. The molecule has 1 aliphatic heterocycles. The molecule has 0 spiro atoms. The van der Waals surface area contributed by atoms with Gasteiger partial charge in [0.05, 0.1) is 44.5 Å². The smallest absolute Gasteiger partial charge is 0.227 e. The molecule has 1 unspecified atom stereocenters. The predicted molar refractivity (Wildman–Crippen MR) is 129 cm³/mol. The van der Waals surface area contributed by atoms with Crippen molar-refractivity contribution in [2.24, 2.45) is 10.7 Å². The lowest BCUT2D eigenvalue weighted by atomic mass is 10.1. The van der Waals surface area contributed by atoms with Crippen molar-refractivity contribution in [2.75, 3.05) is 39.3 Å². The standard InChI is InChI=1S/C24H31F2N5O5/c1-32-19-10-20(33-2)23(26)18(22(19)25)15-36-17-13-29-24(30-14-17)31-16(11-27)12-28-7-5-9-35-21-6-3-4-8-34-21/h10-14,21H,3-9,15,27H2,1-2H3,(H,29,30,31). The minimum atomic E-state index is -0.874. The molecule has 36 heavy (non-hydrogen) atoms. The third kappa shape index (κ3) is 7.75. The quantitative estimate of drug-likeness (QED) is 0.309. The van der Waals surface area contributed by atoms with Crippen molar-refractivity contribution in [1.82, 2.24) is 9.97 Å². The largest absolute Gasteiger partial charge is 0.494 e. The molecule has 1 saturated heterocycles. The highest BCUT2D eigenvalue weighted by Gasteiger charge is 2.20. The fourth-order valence-corrected chi connectivity index (χ4v) is 3.30. The van der Waals surface area contributed by atoms with Crippen LogP contribution in [0.5, 0.6) is 17.2 Å². The van der Waals surface area contributed by atoms with E-state index in [1.807, 2.05) is 0 Å². The van der Waals surface area contributed by atoms with Gasteiger partial charge in [-0.2, -0.15) is 0 Å². The van der Waals surface area contributed by atoms with Crippen molar-refractivity contribution in [3.8, 4) is 17.2 Å². The van der Waals surface area contributed by atoms with E-state index in [0.29, 0.717) is 18.8 Å². The normalized spacial score (nSPS) is 16.2. The summed E-state index contributed by atoms with van der Waals surface area (Å²) in [6.07, 6.45) is 9.42. The Morgan fingerprint density at radius 1 is 1.19 bits per heavy atom. The van der Waals surface area contributed by atoms with E-state index in [1.54, 1.807) is 6.21 Å². The molecule has 10 nitrogen and oxygen atoms in total. The molecule has 0 aliphatic carbocycles. The third-order valence-corrected chi connectivity index (χ3v) is 5.22. The lowest BCUT2D eigenvalue weighted by Crippen LogP contribution is -2.22. The number of methoxy groups -OCH3 is 2. The number of nitrogens with two attached hydrogens (primary N) is 1. The number of benzene rings is 1. The fraction of sp³-hybridized carbons (Fsp3) is 0.458. The third-order valence-electron chi connectivity index (χ3n) is 5.22. The van der Waals surface area contributed by atoms with Crippen LogP contribution in [0.25, 0.3) is 0 Å². The van der Waals surface area contributed by atoms with Crippen LogP contribution in [0.15, 0.2) is 35.3 Å². The number of nitrogens with zero attached hydrogens (tertiary/aromatic N) is 3. The van der Waals surface area contributed by atoms with Gasteiger partial charge in [0.25, 0.3) is 0 Å². The first-order valence-electron chi connectivity index (χ1n) is 11.5. The summed E-state index contributed by atoms with van der Waals surface area (Å²) in [5, 5.41) is 2.93. The molecule has 2 aromatic rings. The molecule has 0 saturated carbocycles. The molecule has 0 amide bonds. The highest BCUT2D eigenvalue weighted by atomic mass is 19.1. The number of ether oxygens (including phenoxy) is 5. The van der Waals surface area contributed by atoms with Crippen LogP contribution in [-0.2, 0) is 16.1 Å². The highest BCUT2D eigenvalue weighted by molar-refractivity contribution is 5.81. The highest BCUT2D eigenvalue weighted by Crippen LogP contribution is 2.32. The maximum atomic E-state index is 14.5. The number of allylic oxidation sites excluding steroid dienone is 1. The molecule has 1 atom stereocenters. The van der Waals surface area contributed by atoms with Gasteiger partial charge >= 0.3 is 0 Å². The van der Waals surface area contributed by atoms with Gasteiger partial charge in [0, 0.05) is 31.6 Å². The molecule has 196 valence electrons. The summed E-state index contributed by atoms with van der Waals surface area (Å²) < 4.78 is 55.4. The zero-order valence-corrected chi connectivity index (χ0v) is 20.3. The summed E-state index contributed by atoms with van der Waals surface area (Å²) in [4.78, 5) is 12.6. The number of halogens is 2. The monoisotopic (exact) mass is 507 g/mol. The van der Waals surface area contributed by atoms with Gasteiger partial charge < -0.3 is 34.7 Å². The van der Waals surface area contributed by atoms with Gasteiger partial charge in [0.15, 0.2) is 35.2 Å². The number of anilines is 1. The van der Waals surface area contributed by atoms with E-state index in [9.17, 15) is 8.78 Å². The molecule has 12 heteroatoms. The van der Waals surface area contributed by atoms with Crippen molar-refractivity contribution < 1.29 is 32.5 Å². The molecule has 0 radical (unpaired) electrons. The molecule has 1 aliphatic rings. The first-order chi connectivity index (χ1) is 17.5. The molecular formula is C24H31F2N5O5. The lowest BCUT2D eigenvalue weighted by molar-refractivity contribution is -0.162. The second kappa shape index (κ2) is 14.1. The van der Waals surface area contributed by atoms with Crippen molar-refractivity contribution in [1.29, 1.82) is 0 Å². The Morgan fingerprint density at radius 3 is 2.53 bits per heavy atom. The zero-order chi connectivity index (χ0) is 25.8. The Labute approximate surface area is 208 Å². The van der Waals surface area contributed by atoms with Crippen LogP contribution in [0.2, 0.25) is 0 Å². The first-order valence-corrected chi connectivity index (χ1v) is 11.5. The van der Waals surface area contributed by atoms with Crippen LogP contribution in [-0.4, -0.2) is 56.5 Å². The maximum Gasteiger partial charge on any atom is 0.227 e. The second-order valence-electron chi connectivity index (χ2n) is 7.72. The number of aliphatic imine (C=N–C) groups is 1. The molecule has 0 bridgehead atoms. The molecule has 1 aromatic carbocycles. The minimum absolute atomic E-state index is 0.107. The van der Waals surface area contributed by atoms with Gasteiger partial charge in [-0.1, -0.05) is 0 Å². The summed E-state index contributed by atoms with van der Waals surface area (Å²) in [6, 6.07) is 1.13. The van der Waals surface area contributed by atoms with E-state index >= 15 is 0 Å². The van der Waals surface area contributed by atoms with Gasteiger partial charge in [-0.15, -0.1) is 0 Å². The Morgan fingerprint density at radius 2 is 1.92 bits per heavy atom. The van der Waals surface area contributed by atoms with E-state index < -0.39 is 18.2 Å². The summed E-state index contributed by atoms with van der Waals surface area (Å²) in [5.41, 5.74) is 5.80. The SMILES string of the molecule is COc1cc(OC)c(F)c(COc2cnc(NC(C=NCCCOC3CCCCO3)=CN)nc2)c1F. The van der Waals surface area contributed by atoms with Gasteiger partial charge in [0.2, 0.25) is 5.95 Å². The van der Waals surface area contributed by atoms with Crippen molar-refractivity contribution in [2.45, 2.75) is 38.6 Å². The summed E-state index contributed by atoms with van der Waals surface area (Å²) >= 11 is 0. The van der Waals surface area contributed by atoms with E-state index in [-0.39, 0.29) is 35.1 Å². The fourth-order valence-electron chi connectivity index (χ4n) is 3.30. The number of nitrogens with one attached hydrogen (secondary N) is 1. The second-order valence-corrected chi connectivity index (χ2v) is 7.72. The van der Waals surface area contributed by atoms with E-state index in [4.69, 9.17) is 29.4 Å². The van der Waals surface area contributed by atoms with E-state index in [1.165, 1.54) is 32.8 Å². The number of hydrogen-bond donors (Lipinski definition) is 2. The average molecular weight is 508 g/mol.